The van der Waals surface area contributed by atoms with Gasteiger partial charge in [0.2, 0.25) is 11.4 Å². The zero-order valence-electron chi connectivity index (χ0n) is 21.5. The predicted octanol–water partition coefficient (Wildman–Crippen LogP) is 2.76. The molecule has 2 amide bonds. The van der Waals surface area contributed by atoms with E-state index in [1.54, 1.807) is 27.7 Å². The Kier molecular flexibility index (Phi) is 5.66. The summed E-state index contributed by atoms with van der Waals surface area (Å²) < 4.78 is 17.2. The number of benzene rings is 1. The van der Waals surface area contributed by atoms with Crippen molar-refractivity contribution < 1.29 is 23.7 Å². The molecular weight excluding hydrogens is 461 g/mol. The summed E-state index contributed by atoms with van der Waals surface area (Å²) in [4.78, 5) is 30.1. The Labute approximate surface area is 209 Å². The average molecular weight is 495 g/mol. The number of aromatic nitrogens is 3. The Morgan fingerprint density at radius 2 is 1.94 bits per heavy atom. The lowest BCUT2D eigenvalue weighted by Crippen LogP contribution is -2.69. The molecule has 3 aromatic rings. The molecule has 0 bridgehead atoms. The maximum Gasteiger partial charge on any atom is 0.313 e. The van der Waals surface area contributed by atoms with E-state index in [9.17, 15) is 19.1 Å². The first-order valence-electron chi connectivity index (χ1n) is 12.5. The largest absolute Gasteiger partial charge is 0.383 e. The Hall–Kier alpha value is -3.33. The molecule has 1 aromatic carbocycles. The molecule has 190 valence electrons. The van der Waals surface area contributed by atoms with Crippen molar-refractivity contribution in [2.24, 2.45) is 5.41 Å². The standard InChI is InChI=1S/C27H33FN5O3/c1-6-17-13-20(18-7-9-19(28)10-8-18)29-32-15-21-24(35)31-12-11-30(16-27(31,5)33(21)23(17)32)25(36)22(34)14-26(2,3)4/h7-10,13,15,22,34H,6,11-12,14,16H2,1-5H3/q+1. The molecule has 9 heteroatoms. The summed E-state index contributed by atoms with van der Waals surface area (Å²) in [5.41, 5.74) is 2.78. The Bertz CT molecular complexity index is 1360. The van der Waals surface area contributed by atoms with Crippen LogP contribution in [0.25, 0.3) is 16.9 Å². The van der Waals surface area contributed by atoms with E-state index in [1.165, 1.54) is 12.1 Å². The summed E-state index contributed by atoms with van der Waals surface area (Å²) in [5, 5.41) is 15.4. The number of carbonyl (C=O) groups is 2. The third-order valence-corrected chi connectivity index (χ3v) is 7.26. The SMILES string of the molecule is CCc1cc(-c2ccc(F)cc2)nn2cc3[n+](c12)C1(C)CN(C(=O)C(O)CC(C)(C)C)CCN1C3=O. The molecule has 0 aliphatic carbocycles. The van der Waals surface area contributed by atoms with Crippen LogP contribution in [0.15, 0.2) is 36.5 Å². The molecule has 1 N–H and O–H groups in total. The number of aryl methyl sites for hydroxylation is 1. The monoisotopic (exact) mass is 494 g/mol. The summed E-state index contributed by atoms with van der Waals surface area (Å²) >= 11 is 0. The molecule has 4 heterocycles. The smallest absolute Gasteiger partial charge is 0.313 e. The van der Waals surface area contributed by atoms with E-state index in [1.807, 2.05) is 50.2 Å². The van der Waals surface area contributed by atoms with E-state index < -0.39 is 11.8 Å². The highest BCUT2D eigenvalue weighted by molar-refractivity contribution is 5.93. The molecule has 2 aromatic heterocycles. The molecule has 0 saturated carbocycles. The number of nitrogens with zero attached hydrogens (tertiary/aromatic N) is 5. The van der Waals surface area contributed by atoms with Crippen molar-refractivity contribution in [3.8, 4) is 11.3 Å². The van der Waals surface area contributed by atoms with Crippen LogP contribution in [0.1, 0.15) is 57.1 Å². The van der Waals surface area contributed by atoms with Gasteiger partial charge in [0.1, 0.15) is 17.6 Å². The van der Waals surface area contributed by atoms with Crippen LogP contribution in [0.5, 0.6) is 0 Å². The molecular formula is C27H33FN5O3+. The molecule has 1 saturated heterocycles. The highest BCUT2D eigenvalue weighted by Gasteiger charge is 2.57. The molecule has 8 nitrogen and oxygen atoms in total. The van der Waals surface area contributed by atoms with Gasteiger partial charge in [-0.1, -0.05) is 37.3 Å². The second kappa shape index (κ2) is 8.37. The summed E-state index contributed by atoms with van der Waals surface area (Å²) in [6, 6.07) is 8.16. The first-order chi connectivity index (χ1) is 16.9. The Morgan fingerprint density at radius 1 is 1.25 bits per heavy atom. The number of amides is 2. The average Bonchev–Trinajstić information content (AvgIpc) is 3.31. The van der Waals surface area contributed by atoms with Crippen LogP contribution in [0.3, 0.4) is 0 Å². The van der Waals surface area contributed by atoms with Crippen LogP contribution in [-0.2, 0) is 16.9 Å². The van der Waals surface area contributed by atoms with E-state index in [2.05, 4.69) is 0 Å². The summed E-state index contributed by atoms with van der Waals surface area (Å²) in [7, 11) is 0. The van der Waals surface area contributed by atoms with Crippen molar-refractivity contribution in [2.75, 3.05) is 19.6 Å². The van der Waals surface area contributed by atoms with Crippen molar-refractivity contribution in [3.05, 3.63) is 53.6 Å². The minimum absolute atomic E-state index is 0.101. The van der Waals surface area contributed by atoms with Crippen molar-refractivity contribution in [3.63, 3.8) is 0 Å². The van der Waals surface area contributed by atoms with E-state index in [-0.39, 0.29) is 29.6 Å². The van der Waals surface area contributed by atoms with Gasteiger partial charge in [-0.25, -0.2) is 4.39 Å². The molecule has 2 atom stereocenters. The van der Waals surface area contributed by atoms with E-state index >= 15 is 0 Å². The van der Waals surface area contributed by atoms with Gasteiger partial charge in [0, 0.05) is 31.1 Å². The topological polar surface area (TPSA) is 82.0 Å². The molecule has 0 spiro atoms. The van der Waals surface area contributed by atoms with Crippen LogP contribution in [-0.4, -0.2) is 62.1 Å². The first-order valence-corrected chi connectivity index (χ1v) is 12.5. The number of halogens is 1. The summed E-state index contributed by atoms with van der Waals surface area (Å²) in [6.45, 7) is 11.0. The second-order valence-corrected chi connectivity index (χ2v) is 11.2. The van der Waals surface area contributed by atoms with Gasteiger partial charge in [0.25, 0.3) is 5.91 Å². The van der Waals surface area contributed by atoms with Crippen LogP contribution in [0.2, 0.25) is 0 Å². The van der Waals surface area contributed by atoms with Gasteiger partial charge in [-0.15, -0.1) is 0 Å². The zero-order chi connectivity index (χ0) is 26.0. The van der Waals surface area contributed by atoms with Crippen LogP contribution in [0, 0.1) is 11.2 Å². The summed E-state index contributed by atoms with van der Waals surface area (Å²) in [5.74, 6) is -0.715. The number of fused-ring (bicyclic) bond motifs is 5. The minimum atomic E-state index is -1.08. The highest BCUT2D eigenvalue weighted by Crippen LogP contribution is 2.33. The number of rotatable bonds is 4. The van der Waals surface area contributed by atoms with Crippen LogP contribution < -0.4 is 4.57 Å². The number of carbonyl (C=O) groups excluding carboxylic acids is 2. The van der Waals surface area contributed by atoms with E-state index in [4.69, 9.17) is 5.10 Å². The van der Waals surface area contributed by atoms with Crippen molar-refractivity contribution in [2.45, 2.75) is 59.2 Å². The van der Waals surface area contributed by atoms with Gasteiger partial charge < -0.3 is 10.0 Å². The quantitative estimate of drug-likeness (QED) is 0.566. The normalized spacial score (nSPS) is 20.6. The molecule has 2 aliphatic heterocycles. The number of aliphatic hydroxyl groups excluding tert-OH is 1. The zero-order valence-corrected chi connectivity index (χ0v) is 21.5. The molecule has 2 aliphatic rings. The van der Waals surface area contributed by atoms with Gasteiger partial charge in [-0.3, -0.25) is 14.5 Å². The molecule has 0 radical (unpaired) electrons. The third kappa shape index (κ3) is 3.86. The fourth-order valence-electron chi connectivity index (χ4n) is 5.56. The molecule has 2 unspecified atom stereocenters. The number of aliphatic hydroxyl groups is 1. The molecule has 1 fully saturated rings. The number of hydrogen-bond donors (Lipinski definition) is 1. The lowest BCUT2D eigenvalue weighted by Gasteiger charge is -2.43. The second-order valence-electron chi connectivity index (χ2n) is 11.2. The molecule has 5 rings (SSSR count). The van der Waals surface area contributed by atoms with Crippen molar-refractivity contribution in [1.29, 1.82) is 0 Å². The van der Waals surface area contributed by atoms with Gasteiger partial charge >= 0.3 is 11.6 Å². The molecule has 36 heavy (non-hydrogen) atoms. The fourth-order valence-corrected chi connectivity index (χ4v) is 5.56. The Morgan fingerprint density at radius 3 is 2.58 bits per heavy atom. The maximum atomic E-state index is 13.5. The Balaban J connectivity index is 1.57. The van der Waals surface area contributed by atoms with Gasteiger partial charge in [-0.05, 0) is 48.6 Å². The lowest BCUT2D eigenvalue weighted by atomic mass is 9.88. The fraction of sp³-hybridized carbons (Fsp3) is 0.481. The predicted molar refractivity (Wildman–Crippen MR) is 132 cm³/mol. The van der Waals surface area contributed by atoms with Crippen LogP contribution >= 0.6 is 0 Å². The van der Waals surface area contributed by atoms with E-state index in [0.717, 1.165) is 16.8 Å². The van der Waals surface area contributed by atoms with Crippen molar-refractivity contribution in [1.82, 2.24) is 19.4 Å². The third-order valence-electron chi connectivity index (χ3n) is 7.26. The van der Waals surface area contributed by atoms with E-state index in [0.29, 0.717) is 37.3 Å². The number of piperazine rings is 1. The number of imidazole rings is 1. The summed E-state index contributed by atoms with van der Waals surface area (Å²) in [6.07, 6.45) is 1.72. The van der Waals surface area contributed by atoms with Crippen LogP contribution in [0.4, 0.5) is 4.39 Å². The van der Waals surface area contributed by atoms with Crippen molar-refractivity contribution >= 4 is 17.5 Å². The lowest BCUT2D eigenvalue weighted by molar-refractivity contribution is -0.749. The maximum absolute atomic E-state index is 13.5. The first kappa shape index (κ1) is 24.4. The highest BCUT2D eigenvalue weighted by atomic mass is 19.1. The van der Waals surface area contributed by atoms with Gasteiger partial charge in [-0.2, -0.15) is 4.57 Å². The van der Waals surface area contributed by atoms with Gasteiger partial charge in [0.15, 0.2) is 6.20 Å². The minimum Gasteiger partial charge on any atom is -0.383 e. The number of hydrogen-bond acceptors (Lipinski definition) is 4. The van der Waals surface area contributed by atoms with Gasteiger partial charge in [0.05, 0.1) is 6.54 Å².